The zero-order valence-electron chi connectivity index (χ0n) is 12.3. The number of ether oxygens (including phenoxy) is 1. The average molecular weight is 266 g/mol. The van der Waals surface area contributed by atoms with E-state index in [0.717, 1.165) is 31.1 Å². The van der Waals surface area contributed by atoms with Gasteiger partial charge in [0.15, 0.2) is 0 Å². The molecule has 0 amide bonds. The van der Waals surface area contributed by atoms with E-state index in [1.807, 2.05) is 6.92 Å². The molecule has 4 nitrogen and oxygen atoms in total. The number of hydrogen-bond donors (Lipinski definition) is 2. The molecule has 0 unspecified atom stereocenters. The van der Waals surface area contributed by atoms with Gasteiger partial charge >= 0.3 is 0 Å². The lowest BCUT2D eigenvalue weighted by atomic mass is 10.1. The molecule has 0 spiro atoms. The molecule has 0 radical (unpaired) electrons. The van der Waals surface area contributed by atoms with Crippen molar-refractivity contribution in [2.75, 3.05) is 37.7 Å². The lowest BCUT2D eigenvalue weighted by Gasteiger charge is -2.25. The first-order valence-corrected chi connectivity index (χ1v) is 7.09. The fraction of sp³-hybridized carbons (Fsp3) is 0.600. The molecule has 0 aromatic heterocycles. The van der Waals surface area contributed by atoms with Crippen molar-refractivity contribution in [2.24, 2.45) is 0 Å². The summed E-state index contributed by atoms with van der Waals surface area (Å²) in [6.07, 6.45) is 0. The van der Waals surface area contributed by atoms with Crippen molar-refractivity contribution >= 4 is 5.69 Å². The normalized spacial score (nSPS) is 10.5. The van der Waals surface area contributed by atoms with Gasteiger partial charge in [0, 0.05) is 19.6 Å². The number of aliphatic hydroxyl groups excluding tert-OH is 1. The van der Waals surface area contributed by atoms with Gasteiger partial charge in [-0.05, 0) is 38.1 Å². The Hall–Kier alpha value is -1.26. The van der Waals surface area contributed by atoms with Crippen molar-refractivity contribution in [1.29, 1.82) is 0 Å². The third-order valence-corrected chi connectivity index (χ3v) is 3.00. The van der Waals surface area contributed by atoms with Crippen molar-refractivity contribution < 1.29 is 9.84 Å². The Bertz CT molecular complexity index is 369. The van der Waals surface area contributed by atoms with Crippen LogP contribution in [0.2, 0.25) is 0 Å². The third-order valence-electron chi connectivity index (χ3n) is 3.00. The predicted octanol–water partition coefficient (Wildman–Crippen LogP) is 2.01. The largest absolute Gasteiger partial charge is 0.492 e. The standard InChI is InChI=1S/C15H26N2O2/c1-4-16-12-13-7-8-14(15(11-13)19-6-3)17(5-2)9-10-18/h7-8,11,16,18H,4-6,9-10,12H2,1-3H3. The van der Waals surface area contributed by atoms with E-state index in [-0.39, 0.29) is 6.61 Å². The van der Waals surface area contributed by atoms with E-state index in [4.69, 9.17) is 9.84 Å². The Balaban J connectivity index is 2.95. The topological polar surface area (TPSA) is 44.7 Å². The van der Waals surface area contributed by atoms with Crippen molar-refractivity contribution in [3.05, 3.63) is 23.8 Å². The molecule has 0 heterocycles. The fourth-order valence-corrected chi connectivity index (χ4v) is 2.04. The molecule has 1 rings (SSSR count). The van der Waals surface area contributed by atoms with Crippen LogP contribution in [-0.4, -0.2) is 38.0 Å². The predicted molar refractivity (Wildman–Crippen MR) is 80.0 cm³/mol. The molecule has 0 aliphatic rings. The Morgan fingerprint density at radius 1 is 1.26 bits per heavy atom. The molecule has 0 bridgehead atoms. The number of nitrogens with one attached hydrogen (secondary N) is 1. The molecule has 0 atom stereocenters. The summed E-state index contributed by atoms with van der Waals surface area (Å²) in [5, 5.41) is 12.4. The van der Waals surface area contributed by atoms with Crippen LogP contribution in [0.1, 0.15) is 26.3 Å². The van der Waals surface area contributed by atoms with Crippen LogP contribution in [-0.2, 0) is 6.54 Å². The van der Waals surface area contributed by atoms with Crippen LogP contribution in [0.25, 0.3) is 0 Å². The van der Waals surface area contributed by atoms with E-state index >= 15 is 0 Å². The minimum atomic E-state index is 0.151. The van der Waals surface area contributed by atoms with Crippen molar-refractivity contribution in [1.82, 2.24) is 5.32 Å². The highest BCUT2D eigenvalue weighted by atomic mass is 16.5. The van der Waals surface area contributed by atoms with Gasteiger partial charge in [0.05, 0.1) is 18.9 Å². The summed E-state index contributed by atoms with van der Waals surface area (Å²) in [5.41, 5.74) is 2.27. The molecule has 0 saturated carbocycles. The van der Waals surface area contributed by atoms with Gasteiger partial charge in [0.2, 0.25) is 0 Å². The maximum Gasteiger partial charge on any atom is 0.142 e. The number of likely N-dealkylation sites (N-methyl/N-ethyl adjacent to an activating group) is 1. The van der Waals surface area contributed by atoms with Gasteiger partial charge in [-0.15, -0.1) is 0 Å². The molecule has 0 fully saturated rings. The number of nitrogens with zero attached hydrogens (tertiary/aromatic N) is 1. The monoisotopic (exact) mass is 266 g/mol. The van der Waals surface area contributed by atoms with Crippen LogP contribution in [0.3, 0.4) is 0 Å². The summed E-state index contributed by atoms with van der Waals surface area (Å²) in [6, 6.07) is 6.28. The van der Waals surface area contributed by atoms with E-state index < -0.39 is 0 Å². The fourth-order valence-electron chi connectivity index (χ4n) is 2.04. The summed E-state index contributed by atoms with van der Waals surface area (Å²) in [4.78, 5) is 2.13. The first kappa shape index (κ1) is 15.8. The van der Waals surface area contributed by atoms with E-state index in [1.165, 1.54) is 5.56 Å². The summed E-state index contributed by atoms with van der Waals surface area (Å²) >= 11 is 0. The highest BCUT2D eigenvalue weighted by Gasteiger charge is 2.11. The Labute approximate surface area is 116 Å². The Morgan fingerprint density at radius 2 is 2.05 bits per heavy atom. The first-order valence-electron chi connectivity index (χ1n) is 7.09. The Morgan fingerprint density at radius 3 is 2.63 bits per heavy atom. The molecule has 2 N–H and O–H groups in total. The van der Waals surface area contributed by atoms with Crippen LogP contribution < -0.4 is 15.0 Å². The van der Waals surface area contributed by atoms with Gasteiger partial charge in [0.1, 0.15) is 5.75 Å². The van der Waals surface area contributed by atoms with Crippen LogP contribution in [0, 0.1) is 0 Å². The quantitative estimate of drug-likeness (QED) is 0.718. The number of hydrogen-bond acceptors (Lipinski definition) is 4. The minimum Gasteiger partial charge on any atom is -0.492 e. The average Bonchev–Trinajstić information content (AvgIpc) is 2.43. The lowest BCUT2D eigenvalue weighted by molar-refractivity contribution is 0.300. The van der Waals surface area contributed by atoms with Gasteiger partial charge in [-0.2, -0.15) is 0 Å². The van der Waals surface area contributed by atoms with E-state index in [9.17, 15) is 0 Å². The van der Waals surface area contributed by atoms with Crippen LogP contribution >= 0.6 is 0 Å². The molecule has 1 aromatic rings. The second-order valence-electron chi connectivity index (χ2n) is 4.32. The first-order chi connectivity index (χ1) is 9.26. The molecule has 4 heteroatoms. The minimum absolute atomic E-state index is 0.151. The van der Waals surface area contributed by atoms with Gasteiger partial charge in [-0.3, -0.25) is 0 Å². The lowest BCUT2D eigenvalue weighted by Crippen LogP contribution is -2.26. The van der Waals surface area contributed by atoms with Gasteiger partial charge in [-0.25, -0.2) is 0 Å². The molecule has 0 saturated heterocycles. The van der Waals surface area contributed by atoms with E-state index in [0.29, 0.717) is 13.2 Å². The summed E-state index contributed by atoms with van der Waals surface area (Å²) in [6.45, 7) is 10.3. The molecule has 1 aromatic carbocycles. The summed E-state index contributed by atoms with van der Waals surface area (Å²) in [7, 11) is 0. The van der Waals surface area contributed by atoms with E-state index in [2.05, 4.69) is 42.3 Å². The van der Waals surface area contributed by atoms with Gasteiger partial charge < -0.3 is 20.1 Å². The molecular formula is C15H26N2O2. The van der Waals surface area contributed by atoms with E-state index in [1.54, 1.807) is 0 Å². The second kappa shape index (κ2) is 8.77. The zero-order valence-corrected chi connectivity index (χ0v) is 12.3. The SMILES string of the molecule is CCNCc1ccc(N(CC)CCO)c(OCC)c1. The van der Waals surface area contributed by atoms with Crippen molar-refractivity contribution in [3.8, 4) is 5.75 Å². The molecule has 0 aliphatic heterocycles. The highest BCUT2D eigenvalue weighted by molar-refractivity contribution is 5.59. The molecule has 108 valence electrons. The summed E-state index contributed by atoms with van der Waals surface area (Å²) in [5.74, 6) is 0.896. The smallest absolute Gasteiger partial charge is 0.142 e. The second-order valence-corrected chi connectivity index (χ2v) is 4.32. The zero-order chi connectivity index (χ0) is 14.1. The van der Waals surface area contributed by atoms with Gasteiger partial charge in [0.25, 0.3) is 0 Å². The summed E-state index contributed by atoms with van der Waals surface area (Å²) < 4.78 is 5.74. The van der Waals surface area contributed by atoms with Crippen LogP contribution in [0.15, 0.2) is 18.2 Å². The van der Waals surface area contributed by atoms with Crippen LogP contribution in [0.4, 0.5) is 5.69 Å². The van der Waals surface area contributed by atoms with Gasteiger partial charge in [-0.1, -0.05) is 13.0 Å². The van der Waals surface area contributed by atoms with Crippen molar-refractivity contribution in [2.45, 2.75) is 27.3 Å². The van der Waals surface area contributed by atoms with Crippen LogP contribution in [0.5, 0.6) is 5.75 Å². The highest BCUT2D eigenvalue weighted by Crippen LogP contribution is 2.29. The molecule has 0 aliphatic carbocycles. The number of rotatable bonds is 9. The molecular weight excluding hydrogens is 240 g/mol. The molecule has 19 heavy (non-hydrogen) atoms. The third kappa shape index (κ3) is 4.73. The number of aliphatic hydroxyl groups is 1. The van der Waals surface area contributed by atoms with Crippen molar-refractivity contribution in [3.63, 3.8) is 0 Å². The Kier molecular flexibility index (Phi) is 7.30. The number of anilines is 1. The maximum atomic E-state index is 9.13. The number of benzene rings is 1. The maximum absolute atomic E-state index is 9.13.